The molecule has 0 fully saturated rings. The van der Waals surface area contributed by atoms with Crippen LogP contribution in [0.3, 0.4) is 0 Å². The Bertz CT molecular complexity index is 558. The van der Waals surface area contributed by atoms with Crippen molar-refractivity contribution in [2.45, 2.75) is 6.92 Å². The number of carboxylic acid groups (broad SMARTS) is 1. The molecule has 1 aromatic heterocycles. The quantitative estimate of drug-likeness (QED) is 0.905. The minimum Gasteiger partial charge on any atom is -0.496 e. The van der Waals surface area contributed by atoms with Gasteiger partial charge in [-0.25, -0.2) is 4.79 Å². The van der Waals surface area contributed by atoms with Gasteiger partial charge in [0.2, 0.25) is 0 Å². The summed E-state index contributed by atoms with van der Waals surface area (Å²) in [6, 6.07) is 9.20. The minimum atomic E-state index is -0.976. The van der Waals surface area contributed by atoms with E-state index in [9.17, 15) is 4.79 Å². The Hall–Kier alpha value is -1.81. The lowest BCUT2D eigenvalue weighted by atomic mass is 10.1. The van der Waals surface area contributed by atoms with Crippen LogP contribution in [0.15, 0.2) is 30.3 Å². The van der Waals surface area contributed by atoms with Crippen LogP contribution in [0.1, 0.15) is 15.2 Å². The van der Waals surface area contributed by atoms with Crippen LogP contribution >= 0.6 is 11.3 Å². The number of thiophene rings is 1. The van der Waals surface area contributed by atoms with E-state index >= 15 is 0 Å². The lowest BCUT2D eigenvalue weighted by molar-refractivity contribution is 0.0693. The highest BCUT2D eigenvalue weighted by atomic mass is 32.1. The van der Waals surface area contributed by atoms with E-state index < -0.39 is 5.97 Å². The van der Waals surface area contributed by atoms with Gasteiger partial charge in [0, 0.05) is 9.75 Å². The first-order valence-electron chi connectivity index (χ1n) is 5.10. The van der Waals surface area contributed by atoms with E-state index in [0.29, 0.717) is 5.75 Å². The molecule has 0 saturated heterocycles. The lowest BCUT2D eigenvalue weighted by Gasteiger charge is -2.06. The molecule has 0 aliphatic heterocycles. The van der Waals surface area contributed by atoms with E-state index in [4.69, 9.17) is 9.84 Å². The molecule has 1 aromatic carbocycles. The first-order chi connectivity index (χ1) is 8.11. The summed E-state index contributed by atoms with van der Waals surface area (Å²) in [4.78, 5) is 13.3. The third-order valence-electron chi connectivity index (χ3n) is 2.46. The molecule has 88 valence electrons. The molecule has 1 heterocycles. The number of benzene rings is 1. The van der Waals surface area contributed by atoms with Crippen molar-refractivity contribution in [3.05, 3.63) is 40.8 Å². The number of aryl methyl sites for hydroxylation is 1. The van der Waals surface area contributed by atoms with Crippen LogP contribution in [0.25, 0.3) is 10.4 Å². The summed E-state index contributed by atoms with van der Waals surface area (Å²) in [6.07, 6.45) is 0. The Morgan fingerprint density at radius 3 is 2.59 bits per heavy atom. The monoisotopic (exact) mass is 248 g/mol. The van der Waals surface area contributed by atoms with Crippen LogP contribution in [0, 0.1) is 6.92 Å². The predicted molar refractivity (Wildman–Crippen MR) is 68.0 cm³/mol. The van der Waals surface area contributed by atoms with E-state index in [1.165, 1.54) is 12.0 Å². The first-order valence-corrected chi connectivity index (χ1v) is 5.91. The zero-order chi connectivity index (χ0) is 12.4. The van der Waals surface area contributed by atoms with Gasteiger partial charge < -0.3 is 9.84 Å². The molecule has 0 saturated carbocycles. The zero-order valence-electron chi connectivity index (χ0n) is 9.56. The molecular formula is C13H12O3S. The van der Waals surface area contributed by atoms with Crippen molar-refractivity contribution in [2.24, 2.45) is 0 Å². The van der Waals surface area contributed by atoms with Gasteiger partial charge in [-0.3, -0.25) is 0 Å². The number of methoxy groups -OCH3 is 1. The predicted octanol–water partition coefficient (Wildman–Crippen LogP) is 3.43. The second-order valence-electron chi connectivity index (χ2n) is 3.63. The third-order valence-corrected chi connectivity index (χ3v) is 3.51. The Morgan fingerprint density at radius 1 is 1.29 bits per heavy atom. The van der Waals surface area contributed by atoms with Crippen LogP contribution in [0.5, 0.6) is 5.75 Å². The number of hydrogen-bond acceptors (Lipinski definition) is 3. The van der Waals surface area contributed by atoms with E-state index in [0.717, 1.165) is 10.4 Å². The smallest absolute Gasteiger partial charge is 0.339 e. The molecule has 3 nitrogen and oxygen atoms in total. The Kier molecular flexibility index (Phi) is 3.15. The van der Waals surface area contributed by atoms with Crippen molar-refractivity contribution < 1.29 is 14.6 Å². The van der Waals surface area contributed by atoms with Gasteiger partial charge in [0.05, 0.1) is 7.11 Å². The SMILES string of the molecule is COc1cc(-c2ccc(C)s2)ccc1C(=O)O. The Labute approximate surface area is 103 Å². The number of hydrogen-bond donors (Lipinski definition) is 1. The van der Waals surface area contributed by atoms with Crippen molar-refractivity contribution >= 4 is 17.3 Å². The molecule has 0 radical (unpaired) electrons. The molecule has 0 amide bonds. The fraction of sp³-hybridized carbons (Fsp3) is 0.154. The van der Waals surface area contributed by atoms with Gasteiger partial charge in [0.25, 0.3) is 0 Å². The average molecular weight is 248 g/mol. The lowest BCUT2D eigenvalue weighted by Crippen LogP contribution is -2.00. The Balaban J connectivity index is 2.48. The molecule has 0 aliphatic rings. The molecule has 0 spiro atoms. The second kappa shape index (κ2) is 4.59. The molecule has 17 heavy (non-hydrogen) atoms. The van der Waals surface area contributed by atoms with Gasteiger partial charge in [0.15, 0.2) is 0 Å². The number of rotatable bonds is 3. The summed E-state index contributed by atoms with van der Waals surface area (Å²) in [7, 11) is 1.48. The maximum Gasteiger partial charge on any atom is 0.339 e. The van der Waals surface area contributed by atoms with Crippen LogP contribution in [-0.4, -0.2) is 18.2 Å². The topological polar surface area (TPSA) is 46.5 Å². The van der Waals surface area contributed by atoms with Gasteiger partial charge in [-0.1, -0.05) is 6.07 Å². The second-order valence-corrected chi connectivity index (χ2v) is 4.92. The molecule has 2 aromatic rings. The first kappa shape index (κ1) is 11.7. The maximum absolute atomic E-state index is 11.0. The van der Waals surface area contributed by atoms with Crippen molar-refractivity contribution in [1.82, 2.24) is 0 Å². The fourth-order valence-electron chi connectivity index (χ4n) is 1.61. The zero-order valence-corrected chi connectivity index (χ0v) is 10.4. The van der Waals surface area contributed by atoms with Gasteiger partial charge in [-0.05, 0) is 36.8 Å². The van der Waals surface area contributed by atoms with Crippen LogP contribution in [0.2, 0.25) is 0 Å². The molecule has 0 atom stereocenters. The molecule has 0 bridgehead atoms. The van der Waals surface area contributed by atoms with Gasteiger partial charge in [-0.2, -0.15) is 0 Å². The number of ether oxygens (including phenoxy) is 1. The number of carboxylic acids is 1. The van der Waals surface area contributed by atoms with E-state index in [2.05, 4.69) is 0 Å². The van der Waals surface area contributed by atoms with E-state index in [1.807, 2.05) is 19.1 Å². The molecule has 0 unspecified atom stereocenters. The normalized spacial score (nSPS) is 10.2. The number of aromatic carboxylic acids is 1. The molecule has 4 heteroatoms. The van der Waals surface area contributed by atoms with Crippen LogP contribution in [-0.2, 0) is 0 Å². The number of carbonyl (C=O) groups is 1. The third kappa shape index (κ3) is 2.31. The van der Waals surface area contributed by atoms with Gasteiger partial charge in [-0.15, -0.1) is 11.3 Å². The summed E-state index contributed by atoms with van der Waals surface area (Å²) in [5, 5.41) is 8.98. The highest BCUT2D eigenvalue weighted by Crippen LogP contribution is 2.31. The van der Waals surface area contributed by atoms with Crippen LogP contribution < -0.4 is 4.74 Å². The van der Waals surface area contributed by atoms with Gasteiger partial charge in [0.1, 0.15) is 11.3 Å². The van der Waals surface area contributed by atoms with Crippen molar-refractivity contribution in [1.29, 1.82) is 0 Å². The highest BCUT2D eigenvalue weighted by Gasteiger charge is 2.12. The standard InChI is InChI=1S/C13H12O3S/c1-8-3-6-12(17-8)9-4-5-10(13(14)15)11(7-9)16-2/h3-7H,1-2H3,(H,14,15). The summed E-state index contributed by atoms with van der Waals surface area (Å²) in [5.74, 6) is -0.586. The largest absolute Gasteiger partial charge is 0.496 e. The summed E-state index contributed by atoms with van der Waals surface area (Å²) in [5.41, 5.74) is 1.16. The van der Waals surface area contributed by atoms with Crippen molar-refractivity contribution in [3.63, 3.8) is 0 Å². The molecule has 0 aliphatic carbocycles. The van der Waals surface area contributed by atoms with Crippen molar-refractivity contribution in [3.8, 4) is 16.2 Å². The molecular weight excluding hydrogens is 236 g/mol. The van der Waals surface area contributed by atoms with Gasteiger partial charge >= 0.3 is 5.97 Å². The molecule has 1 N–H and O–H groups in total. The summed E-state index contributed by atoms with van der Waals surface area (Å²) >= 11 is 1.67. The summed E-state index contributed by atoms with van der Waals surface area (Å²) < 4.78 is 5.10. The van der Waals surface area contributed by atoms with E-state index in [1.54, 1.807) is 29.5 Å². The Morgan fingerprint density at radius 2 is 2.06 bits per heavy atom. The minimum absolute atomic E-state index is 0.185. The van der Waals surface area contributed by atoms with E-state index in [-0.39, 0.29) is 5.56 Å². The van der Waals surface area contributed by atoms with Crippen LogP contribution in [0.4, 0.5) is 0 Å². The average Bonchev–Trinajstić information content (AvgIpc) is 2.75. The van der Waals surface area contributed by atoms with Crippen molar-refractivity contribution in [2.75, 3.05) is 7.11 Å². The highest BCUT2D eigenvalue weighted by molar-refractivity contribution is 7.15. The maximum atomic E-state index is 11.0. The fourth-order valence-corrected chi connectivity index (χ4v) is 2.47. The summed E-state index contributed by atoms with van der Waals surface area (Å²) in [6.45, 7) is 2.04. The molecule has 2 rings (SSSR count).